The zero-order valence-electron chi connectivity index (χ0n) is 30.1. The number of methoxy groups -OCH3 is 2. The number of morpholine rings is 2. The van der Waals surface area contributed by atoms with Crippen LogP contribution in [0.25, 0.3) is 0 Å². The maximum absolute atomic E-state index is 13.0. The fraction of sp³-hybridized carbons (Fsp3) is 0.341. The van der Waals surface area contributed by atoms with Gasteiger partial charge in [-0.15, -0.1) is 0 Å². The molecule has 2 fully saturated rings. The summed E-state index contributed by atoms with van der Waals surface area (Å²) in [6.45, 7) is 7.61. The third kappa shape index (κ3) is 13.5. The molecule has 0 radical (unpaired) electrons. The lowest BCUT2D eigenvalue weighted by molar-refractivity contribution is 0.0549. The molecular formula is C41H50N4O7. The summed E-state index contributed by atoms with van der Waals surface area (Å²) in [5.41, 5.74) is 5.34. The van der Waals surface area contributed by atoms with Crippen LogP contribution >= 0.6 is 0 Å². The summed E-state index contributed by atoms with van der Waals surface area (Å²) in [5, 5.41) is 6.51. The van der Waals surface area contributed by atoms with Crippen molar-refractivity contribution in [3.63, 3.8) is 0 Å². The second-order valence-electron chi connectivity index (χ2n) is 11.9. The number of hydrogen-bond acceptors (Lipinski definition) is 9. The Kier molecular flexibility index (Phi) is 17.2. The number of hydrogen-bond donors (Lipinski definition) is 2. The van der Waals surface area contributed by atoms with E-state index in [2.05, 4.69) is 15.4 Å². The number of rotatable bonds is 10. The van der Waals surface area contributed by atoms with E-state index in [0.717, 1.165) is 56.2 Å². The summed E-state index contributed by atoms with van der Waals surface area (Å²) in [5.74, 6) is -0.649. The minimum Gasteiger partial charge on any atom is -0.465 e. The van der Waals surface area contributed by atoms with Crippen molar-refractivity contribution in [2.24, 2.45) is 0 Å². The van der Waals surface area contributed by atoms with E-state index >= 15 is 0 Å². The first-order valence-corrected chi connectivity index (χ1v) is 17.6. The average molecular weight is 711 g/mol. The van der Waals surface area contributed by atoms with E-state index in [0.29, 0.717) is 50.4 Å². The third-order valence-electron chi connectivity index (χ3n) is 8.32. The summed E-state index contributed by atoms with van der Waals surface area (Å²) in [6.07, 6.45) is 1.60. The van der Waals surface area contributed by atoms with Crippen molar-refractivity contribution in [1.29, 1.82) is 0 Å². The quantitative estimate of drug-likeness (QED) is 0.200. The fourth-order valence-corrected chi connectivity index (χ4v) is 5.38. The van der Waals surface area contributed by atoms with Gasteiger partial charge in [0, 0.05) is 50.6 Å². The molecule has 276 valence electrons. The highest BCUT2D eigenvalue weighted by Gasteiger charge is 2.24. The van der Waals surface area contributed by atoms with Crippen LogP contribution in [0.4, 0.5) is 16.2 Å². The lowest BCUT2D eigenvalue weighted by atomic mass is 10.1. The number of urea groups is 1. The minimum atomic E-state index is -0.352. The molecule has 0 aliphatic carbocycles. The van der Waals surface area contributed by atoms with Gasteiger partial charge < -0.3 is 34.5 Å². The number of nitrogens with zero attached hydrogens (tertiary/aromatic N) is 2. The summed E-state index contributed by atoms with van der Waals surface area (Å²) < 4.78 is 19.7. The molecule has 0 aromatic heterocycles. The Bertz CT molecular complexity index is 1600. The second kappa shape index (κ2) is 22.6. The summed E-state index contributed by atoms with van der Waals surface area (Å²) >= 11 is 0. The third-order valence-corrected chi connectivity index (χ3v) is 8.32. The monoisotopic (exact) mass is 710 g/mol. The van der Waals surface area contributed by atoms with Gasteiger partial charge in [-0.2, -0.15) is 0 Å². The molecule has 6 rings (SSSR count). The predicted octanol–water partition coefficient (Wildman–Crippen LogP) is 5.71. The molecule has 2 aliphatic rings. The second-order valence-corrected chi connectivity index (χ2v) is 11.9. The molecule has 2 aliphatic heterocycles. The van der Waals surface area contributed by atoms with Gasteiger partial charge in [0.25, 0.3) is 0 Å². The lowest BCUT2D eigenvalue weighted by Crippen LogP contribution is -2.49. The smallest absolute Gasteiger partial charge is 0.337 e. The van der Waals surface area contributed by atoms with Gasteiger partial charge >= 0.3 is 18.0 Å². The number of benzene rings is 4. The van der Waals surface area contributed by atoms with Gasteiger partial charge in [-0.1, -0.05) is 60.7 Å². The maximum Gasteiger partial charge on any atom is 0.337 e. The SMILES string of the molecule is C1COCCN1.COC(=O)c1ccc(CCN(C(=O)N2CCOCC2)c2ccccc2)cc1.COC(=O)c1ccc(CCNc2ccccc2)cc1. The number of nitrogens with one attached hydrogen (secondary N) is 2. The molecule has 0 bridgehead atoms. The first-order valence-electron chi connectivity index (χ1n) is 17.6. The number of carbonyl (C=O) groups excluding carboxylic acids is 3. The molecule has 2 N–H and O–H groups in total. The Balaban J connectivity index is 0.000000209. The molecule has 0 saturated carbocycles. The van der Waals surface area contributed by atoms with E-state index in [1.807, 2.05) is 89.8 Å². The Morgan fingerprint density at radius 3 is 1.65 bits per heavy atom. The topological polar surface area (TPSA) is 119 Å². The Morgan fingerprint density at radius 2 is 1.17 bits per heavy atom. The van der Waals surface area contributed by atoms with Gasteiger partial charge in [0.1, 0.15) is 0 Å². The van der Waals surface area contributed by atoms with Crippen molar-refractivity contribution < 1.29 is 33.3 Å². The Morgan fingerprint density at radius 1 is 0.673 bits per heavy atom. The van der Waals surface area contributed by atoms with E-state index < -0.39 is 0 Å². The van der Waals surface area contributed by atoms with Crippen LogP contribution in [0.5, 0.6) is 0 Å². The maximum atomic E-state index is 13.0. The minimum absolute atomic E-state index is 0.00400. The molecule has 0 unspecified atom stereocenters. The average Bonchev–Trinajstić information content (AvgIpc) is 3.23. The molecule has 4 aromatic rings. The van der Waals surface area contributed by atoms with E-state index in [-0.39, 0.29) is 18.0 Å². The van der Waals surface area contributed by atoms with Crippen molar-refractivity contribution in [3.05, 3.63) is 131 Å². The van der Waals surface area contributed by atoms with Crippen LogP contribution in [-0.2, 0) is 31.8 Å². The molecule has 0 spiro atoms. The molecule has 52 heavy (non-hydrogen) atoms. The first-order chi connectivity index (χ1) is 25.5. The zero-order valence-corrected chi connectivity index (χ0v) is 30.1. The highest BCUT2D eigenvalue weighted by atomic mass is 16.5. The van der Waals surface area contributed by atoms with Gasteiger partial charge in [-0.25, -0.2) is 14.4 Å². The van der Waals surface area contributed by atoms with Gasteiger partial charge in [0.15, 0.2) is 0 Å². The number of anilines is 2. The Labute approximate surface area is 306 Å². The summed E-state index contributed by atoms with van der Waals surface area (Å²) in [7, 11) is 2.76. The predicted molar refractivity (Wildman–Crippen MR) is 203 cm³/mol. The molecular weight excluding hydrogens is 660 g/mol. The van der Waals surface area contributed by atoms with Crippen LogP contribution in [0.3, 0.4) is 0 Å². The van der Waals surface area contributed by atoms with Crippen molar-refractivity contribution >= 4 is 29.3 Å². The lowest BCUT2D eigenvalue weighted by Gasteiger charge is -2.33. The fourth-order valence-electron chi connectivity index (χ4n) is 5.38. The van der Waals surface area contributed by atoms with Crippen molar-refractivity contribution in [2.45, 2.75) is 12.8 Å². The largest absolute Gasteiger partial charge is 0.465 e. The molecule has 4 aromatic carbocycles. The van der Waals surface area contributed by atoms with Gasteiger partial charge in [-0.05, 0) is 72.5 Å². The number of esters is 2. The molecule has 2 saturated heterocycles. The van der Waals surface area contributed by atoms with E-state index in [1.165, 1.54) is 19.8 Å². The van der Waals surface area contributed by atoms with Crippen LogP contribution in [0, 0.1) is 0 Å². The van der Waals surface area contributed by atoms with Crippen LogP contribution in [-0.4, -0.2) is 103 Å². The number of para-hydroxylation sites is 2. The van der Waals surface area contributed by atoms with E-state index in [9.17, 15) is 14.4 Å². The van der Waals surface area contributed by atoms with Crippen molar-refractivity contribution in [3.8, 4) is 0 Å². The number of carbonyl (C=O) groups is 3. The zero-order chi connectivity index (χ0) is 36.8. The van der Waals surface area contributed by atoms with E-state index in [1.54, 1.807) is 29.2 Å². The number of ether oxygens (including phenoxy) is 4. The van der Waals surface area contributed by atoms with E-state index in [4.69, 9.17) is 14.2 Å². The Hall–Kier alpha value is -5.23. The van der Waals surface area contributed by atoms with Crippen molar-refractivity contribution in [1.82, 2.24) is 10.2 Å². The van der Waals surface area contributed by atoms with Gasteiger partial charge in [0.05, 0.1) is 51.8 Å². The van der Waals surface area contributed by atoms with Gasteiger partial charge in [0.2, 0.25) is 0 Å². The summed E-state index contributed by atoms with van der Waals surface area (Å²) in [6, 6.07) is 34.6. The normalized spacial score (nSPS) is 13.6. The highest BCUT2D eigenvalue weighted by Crippen LogP contribution is 2.18. The van der Waals surface area contributed by atoms with Crippen molar-refractivity contribution in [2.75, 3.05) is 90.1 Å². The summed E-state index contributed by atoms with van der Waals surface area (Å²) in [4.78, 5) is 39.5. The molecule has 0 atom stereocenters. The van der Waals surface area contributed by atoms with Gasteiger partial charge in [-0.3, -0.25) is 4.90 Å². The molecule has 11 nitrogen and oxygen atoms in total. The standard InChI is InChI=1S/C21H24N2O4.C16H17NO2.C4H9NO/c1-26-20(24)18-9-7-17(8-10-18)11-12-23(19-5-3-2-4-6-19)21(25)22-13-15-27-16-14-22;1-19-16(18)14-9-7-13(8-10-14)11-12-17-15-5-3-2-4-6-15;1-3-6-4-2-5-1/h2-10H,11-16H2,1H3;2-10,17H,11-12H2,1H3;5H,1-4H2. The molecule has 2 heterocycles. The first kappa shape index (κ1) is 39.6. The van der Waals surface area contributed by atoms with Crippen LogP contribution < -0.4 is 15.5 Å². The molecule has 2 amide bonds. The van der Waals surface area contributed by atoms with Crippen LogP contribution in [0.15, 0.2) is 109 Å². The number of amides is 2. The molecule has 11 heteroatoms. The highest BCUT2D eigenvalue weighted by molar-refractivity contribution is 5.92. The van der Waals surface area contributed by atoms with Crippen LogP contribution in [0.1, 0.15) is 31.8 Å². The van der Waals surface area contributed by atoms with Crippen LogP contribution in [0.2, 0.25) is 0 Å².